The lowest BCUT2D eigenvalue weighted by Crippen LogP contribution is -2.39. The predicted molar refractivity (Wildman–Crippen MR) is 86.8 cm³/mol. The number of carbonyl (C=O) groups is 2. The summed E-state index contributed by atoms with van der Waals surface area (Å²) >= 11 is 0. The van der Waals surface area contributed by atoms with Gasteiger partial charge in [-0.25, -0.2) is 0 Å². The van der Waals surface area contributed by atoms with Crippen LogP contribution in [0.4, 0.5) is 0 Å². The van der Waals surface area contributed by atoms with Crippen LogP contribution in [0.5, 0.6) is 0 Å². The second kappa shape index (κ2) is 7.05. The number of hydrogen-bond donors (Lipinski definition) is 2. The summed E-state index contributed by atoms with van der Waals surface area (Å²) in [6.45, 7) is -0.0280. The van der Waals surface area contributed by atoms with Crippen molar-refractivity contribution >= 4 is 11.8 Å². The Morgan fingerprint density at radius 1 is 1.13 bits per heavy atom. The topological polar surface area (TPSA) is 71.1 Å². The molecule has 5 heteroatoms. The van der Waals surface area contributed by atoms with E-state index in [9.17, 15) is 9.59 Å². The number of carbonyl (C=O) groups excluding carboxylic acids is 2. The van der Waals surface area contributed by atoms with E-state index in [2.05, 4.69) is 27.8 Å². The Kier molecular flexibility index (Phi) is 4.66. The standard InChI is InChI=1S/C18H19N3O2/c22-17(12-20-18(23)14-8-10-19-11-9-14)21-16-7-3-5-13-4-1-2-6-15(13)16/h1-2,4,6,8-11,16H,3,5,7,12H2,(H,20,23)(H,21,22)/t16-/m0/s1. The van der Waals surface area contributed by atoms with Gasteiger partial charge in [0.05, 0.1) is 12.6 Å². The van der Waals surface area contributed by atoms with Gasteiger partial charge in [0.2, 0.25) is 5.91 Å². The van der Waals surface area contributed by atoms with Crippen molar-refractivity contribution in [3.05, 3.63) is 65.5 Å². The van der Waals surface area contributed by atoms with Gasteiger partial charge in [-0.15, -0.1) is 0 Å². The number of rotatable bonds is 4. The van der Waals surface area contributed by atoms with E-state index in [-0.39, 0.29) is 24.4 Å². The summed E-state index contributed by atoms with van der Waals surface area (Å²) in [4.78, 5) is 27.9. The summed E-state index contributed by atoms with van der Waals surface area (Å²) in [5.74, 6) is -0.444. The average Bonchev–Trinajstić information content (AvgIpc) is 2.61. The van der Waals surface area contributed by atoms with Gasteiger partial charge in [-0.2, -0.15) is 0 Å². The van der Waals surface area contributed by atoms with Gasteiger partial charge in [-0.05, 0) is 42.5 Å². The Morgan fingerprint density at radius 3 is 2.74 bits per heavy atom. The van der Waals surface area contributed by atoms with Gasteiger partial charge in [0, 0.05) is 18.0 Å². The summed E-state index contributed by atoms with van der Waals surface area (Å²) in [7, 11) is 0. The summed E-state index contributed by atoms with van der Waals surface area (Å²) < 4.78 is 0. The molecule has 0 spiro atoms. The highest BCUT2D eigenvalue weighted by molar-refractivity contribution is 5.96. The van der Waals surface area contributed by atoms with E-state index in [0.29, 0.717) is 5.56 Å². The van der Waals surface area contributed by atoms with Crippen molar-refractivity contribution < 1.29 is 9.59 Å². The summed E-state index contributed by atoms with van der Waals surface area (Å²) in [5, 5.41) is 5.65. The molecule has 23 heavy (non-hydrogen) atoms. The minimum Gasteiger partial charge on any atom is -0.348 e. The Hall–Kier alpha value is -2.69. The maximum atomic E-state index is 12.1. The highest BCUT2D eigenvalue weighted by Crippen LogP contribution is 2.29. The Balaban J connectivity index is 1.55. The molecule has 1 aliphatic rings. The number of benzene rings is 1. The summed E-state index contributed by atoms with van der Waals surface area (Å²) in [5.41, 5.74) is 2.98. The van der Waals surface area contributed by atoms with Gasteiger partial charge >= 0.3 is 0 Å². The minimum atomic E-state index is -0.272. The van der Waals surface area contributed by atoms with Gasteiger partial charge < -0.3 is 10.6 Å². The monoisotopic (exact) mass is 309 g/mol. The van der Waals surface area contributed by atoms with Crippen molar-refractivity contribution in [1.29, 1.82) is 0 Å². The van der Waals surface area contributed by atoms with Crippen LogP contribution >= 0.6 is 0 Å². The van der Waals surface area contributed by atoms with Crippen molar-refractivity contribution in [2.24, 2.45) is 0 Å². The van der Waals surface area contributed by atoms with Crippen LogP contribution in [0.3, 0.4) is 0 Å². The molecule has 2 N–H and O–H groups in total. The van der Waals surface area contributed by atoms with Gasteiger partial charge in [-0.1, -0.05) is 24.3 Å². The summed E-state index contributed by atoms with van der Waals surface area (Å²) in [6, 6.07) is 11.5. The van der Waals surface area contributed by atoms with E-state index in [4.69, 9.17) is 0 Å². The molecule has 2 aromatic rings. The first-order valence-corrected chi connectivity index (χ1v) is 7.79. The summed E-state index contributed by atoms with van der Waals surface area (Å²) in [6.07, 6.45) is 6.15. The van der Waals surface area contributed by atoms with Crippen LogP contribution in [0.2, 0.25) is 0 Å². The number of aromatic nitrogens is 1. The fourth-order valence-electron chi connectivity index (χ4n) is 2.92. The number of aryl methyl sites for hydroxylation is 1. The maximum absolute atomic E-state index is 12.1. The molecule has 0 fully saturated rings. The molecule has 1 aromatic carbocycles. The Labute approximate surface area is 135 Å². The molecule has 0 saturated heterocycles. The Bertz CT molecular complexity index is 700. The first kappa shape index (κ1) is 15.2. The molecule has 1 aliphatic carbocycles. The van der Waals surface area contributed by atoms with Crippen LogP contribution in [0.1, 0.15) is 40.4 Å². The number of nitrogens with one attached hydrogen (secondary N) is 2. The molecule has 3 rings (SSSR count). The first-order valence-electron chi connectivity index (χ1n) is 7.79. The molecular weight excluding hydrogens is 290 g/mol. The quantitative estimate of drug-likeness (QED) is 0.907. The van der Waals surface area contributed by atoms with Crippen LogP contribution < -0.4 is 10.6 Å². The number of hydrogen-bond acceptors (Lipinski definition) is 3. The lowest BCUT2D eigenvalue weighted by molar-refractivity contribution is -0.121. The largest absolute Gasteiger partial charge is 0.348 e. The molecule has 0 aliphatic heterocycles. The molecule has 1 atom stereocenters. The van der Waals surface area contributed by atoms with E-state index in [0.717, 1.165) is 19.3 Å². The van der Waals surface area contributed by atoms with Gasteiger partial charge in [0.15, 0.2) is 0 Å². The first-order chi connectivity index (χ1) is 11.2. The van der Waals surface area contributed by atoms with Crippen LogP contribution in [-0.2, 0) is 11.2 Å². The molecule has 0 saturated carbocycles. The van der Waals surface area contributed by atoms with Gasteiger partial charge in [-0.3, -0.25) is 14.6 Å². The fraction of sp³-hybridized carbons (Fsp3) is 0.278. The third-order valence-electron chi connectivity index (χ3n) is 4.06. The molecule has 0 bridgehead atoms. The molecule has 2 amide bonds. The predicted octanol–water partition coefficient (Wildman–Crippen LogP) is 2.01. The molecule has 1 heterocycles. The molecule has 0 radical (unpaired) electrons. The van der Waals surface area contributed by atoms with Crippen LogP contribution in [0, 0.1) is 0 Å². The minimum absolute atomic E-state index is 0.0280. The molecule has 1 aromatic heterocycles. The second-order valence-electron chi connectivity index (χ2n) is 5.63. The van der Waals surface area contributed by atoms with Crippen LogP contribution in [0.15, 0.2) is 48.8 Å². The molecule has 118 valence electrons. The normalized spacial score (nSPS) is 16.3. The van der Waals surface area contributed by atoms with E-state index in [1.54, 1.807) is 24.5 Å². The van der Waals surface area contributed by atoms with Crippen molar-refractivity contribution in [3.63, 3.8) is 0 Å². The van der Waals surface area contributed by atoms with E-state index in [1.807, 2.05) is 12.1 Å². The zero-order valence-corrected chi connectivity index (χ0v) is 12.8. The van der Waals surface area contributed by atoms with Crippen molar-refractivity contribution in [3.8, 4) is 0 Å². The van der Waals surface area contributed by atoms with Crippen molar-refractivity contribution in [2.75, 3.05) is 6.54 Å². The molecular formula is C18H19N3O2. The average molecular weight is 309 g/mol. The highest BCUT2D eigenvalue weighted by Gasteiger charge is 2.21. The zero-order chi connectivity index (χ0) is 16.1. The highest BCUT2D eigenvalue weighted by atomic mass is 16.2. The smallest absolute Gasteiger partial charge is 0.251 e. The van der Waals surface area contributed by atoms with Crippen LogP contribution in [-0.4, -0.2) is 23.3 Å². The van der Waals surface area contributed by atoms with Crippen molar-refractivity contribution in [2.45, 2.75) is 25.3 Å². The number of pyridine rings is 1. The SMILES string of the molecule is O=C(CNC(=O)c1ccncc1)N[C@H]1CCCc2ccccc21. The maximum Gasteiger partial charge on any atom is 0.251 e. The van der Waals surface area contributed by atoms with E-state index in [1.165, 1.54) is 11.1 Å². The zero-order valence-electron chi connectivity index (χ0n) is 12.8. The molecule has 0 unspecified atom stereocenters. The number of amides is 2. The second-order valence-corrected chi connectivity index (χ2v) is 5.63. The van der Waals surface area contributed by atoms with E-state index < -0.39 is 0 Å². The third kappa shape index (κ3) is 3.74. The number of nitrogens with zero attached hydrogens (tertiary/aromatic N) is 1. The molecule has 5 nitrogen and oxygen atoms in total. The number of fused-ring (bicyclic) bond motifs is 1. The van der Waals surface area contributed by atoms with E-state index >= 15 is 0 Å². The third-order valence-corrected chi connectivity index (χ3v) is 4.06. The van der Waals surface area contributed by atoms with Crippen molar-refractivity contribution in [1.82, 2.24) is 15.6 Å². The lowest BCUT2D eigenvalue weighted by atomic mass is 9.88. The Morgan fingerprint density at radius 2 is 1.91 bits per heavy atom. The van der Waals surface area contributed by atoms with Crippen LogP contribution in [0.25, 0.3) is 0 Å². The van der Waals surface area contributed by atoms with Gasteiger partial charge in [0.25, 0.3) is 5.91 Å². The lowest BCUT2D eigenvalue weighted by Gasteiger charge is -2.26. The fourth-order valence-corrected chi connectivity index (χ4v) is 2.92. The van der Waals surface area contributed by atoms with Gasteiger partial charge in [0.1, 0.15) is 0 Å².